The number of esters is 1. The molecular formula is C8H13N3O2. The standard InChI is InChI=1S/C8H13N3O2/c1-6(8(12)13-2)9-5-7-3-4-10-11-7/h3-4,6,9H,5H2,1-2H3,(H,10,11). The number of carbonyl (C=O) groups is 1. The largest absolute Gasteiger partial charge is 0.468 e. The first-order valence-corrected chi connectivity index (χ1v) is 4.03. The Labute approximate surface area is 76.5 Å². The second kappa shape index (κ2) is 4.61. The zero-order valence-corrected chi connectivity index (χ0v) is 7.70. The van der Waals surface area contributed by atoms with Gasteiger partial charge >= 0.3 is 5.97 Å². The topological polar surface area (TPSA) is 67.0 Å². The Hall–Kier alpha value is -1.36. The number of nitrogens with one attached hydrogen (secondary N) is 2. The quantitative estimate of drug-likeness (QED) is 0.648. The van der Waals surface area contributed by atoms with E-state index in [1.54, 1.807) is 13.1 Å². The number of aromatic nitrogens is 2. The van der Waals surface area contributed by atoms with E-state index in [1.807, 2.05) is 6.07 Å². The van der Waals surface area contributed by atoms with Crippen LogP contribution in [0.15, 0.2) is 12.3 Å². The van der Waals surface area contributed by atoms with Crippen LogP contribution in [-0.4, -0.2) is 29.3 Å². The fourth-order valence-electron chi connectivity index (χ4n) is 0.906. The summed E-state index contributed by atoms with van der Waals surface area (Å²) in [7, 11) is 1.37. The number of hydrogen-bond donors (Lipinski definition) is 2. The summed E-state index contributed by atoms with van der Waals surface area (Å²) in [5.74, 6) is -0.264. The molecule has 0 aliphatic heterocycles. The molecule has 1 heterocycles. The first-order chi connectivity index (χ1) is 6.24. The van der Waals surface area contributed by atoms with E-state index in [0.29, 0.717) is 6.54 Å². The molecule has 1 rings (SSSR count). The van der Waals surface area contributed by atoms with Gasteiger partial charge in [0.25, 0.3) is 0 Å². The third-order valence-electron chi connectivity index (χ3n) is 1.71. The number of methoxy groups -OCH3 is 1. The van der Waals surface area contributed by atoms with Gasteiger partial charge in [-0.1, -0.05) is 0 Å². The van der Waals surface area contributed by atoms with E-state index in [4.69, 9.17) is 0 Å². The molecule has 1 aromatic rings. The van der Waals surface area contributed by atoms with Gasteiger partial charge in [-0.15, -0.1) is 0 Å². The highest BCUT2D eigenvalue weighted by atomic mass is 16.5. The van der Waals surface area contributed by atoms with Crippen LogP contribution in [0.4, 0.5) is 0 Å². The molecule has 0 saturated heterocycles. The molecule has 0 aromatic carbocycles. The van der Waals surface area contributed by atoms with Gasteiger partial charge in [-0.05, 0) is 13.0 Å². The molecule has 0 saturated carbocycles. The van der Waals surface area contributed by atoms with Crippen LogP contribution in [-0.2, 0) is 16.1 Å². The van der Waals surface area contributed by atoms with Crippen molar-refractivity contribution in [3.63, 3.8) is 0 Å². The maximum absolute atomic E-state index is 11.0. The van der Waals surface area contributed by atoms with Gasteiger partial charge in [0.1, 0.15) is 6.04 Å². The molecule has 0 aliphatic rings. The molecule has 0 spiro atoms. The summed E-state index contributed by atoms with van der Waals surface area (Å²) in [5.41, 5.74) is 0.941. The average Bonchev–Trinajstić information content (AvgIpc) is 2.65. The van der Waals surface area contributed by atoms with Crippen LogP contribution in [0.5, 0.6) is 0 Å². The second-order valence-electron chi connectivity index (χ2n) is 2.71. The van der Waals surface area contributed by atoms with Crippen molar-refractivity contribution in [3.8, 4) is 0 Å². The molecule has 13 heavy (non-hydrogen) atoms. The molecule has 72 valence electrons. The zero-order valence-electron chi connectivity index (χ0n) is 7.70. The van der Waals surface area contributed by atoms with Crippen LogP contribution in [0.1, 0.15) is 12.6 Å². The van der Waals surface area contributed by atoms with E-state index in [1.165, 1.54) is 7.11 Å². The summed E-state index contributed by atoms with van der Waals surface area (Å²) in [4.78, 5) is 11.0. The lowest BCUT2D eigenvalue weighted by Gasteiger charge is -2.09. The summed E-state index contributed by atoms with van der Waals surface area (Å²) in [5, 5.41) is 9.56. The first-order valence-electron chi connectivity index (χ1n) is 4.03. The van der Waals surface area contributed by atoms with Crippen molar-refractivity contribution in [2.45, 2.75) is 19.5 Å². The number of H-pyrrole nitrogens is 1. The molecule has 2 N–H and O–H groups in total. The van der Waals surface area contributed by atoms with Crippen LogP contribution in [0.3, 0.4) is 0 Å². The van der Waals surface area contributed by atoms with Gasteiger partial charge in [0, 0.05) is 18.4 Å². The number of ether oxygens (including phenoxy) is 1. The lowest BCUT2D eigenvalue weighted by Crippen LogP contribution is -2.34. The summed E-state index contributed by atoms with van der Waals surface area (Å²) in [6, 6.07) is 1.55. The molecule has 5 nitrogen and oxygen atoms in total. The second-order valence-corrected chi connectivity index (χ2v) is 2.71. The van der Waals surface area contributed by atoms with E-state index < -0.39 is 0 Å². The molecule has 1 unspecified atom stereocenters. The van der Waals surface area contributed by atoms with Crippen molar-refractivity contribution >= 4 is 5.97 Å². The van der Waals surface area contributed by atoms with Gasteiger partial charge in [-0.2, -0.15) is 5.10 Å². The SMILES string of the molecule is COC(=O)C(C)NCc1ccn[nH]1. The monoisotopic (exact) mass is 183 g/mol. The van der Waals surface area contributed by atoms with Crippen molar-refractivity contribution < 1.29 is 9.53 Å². The molecule has 1 atom stereocenters. The van der Waals surface area contributed by atoms with Crippen LogP contribution >= 0.6 is 0 Å². The third kappa shape index (κ3) is 2.87. The fraction of sp³-hybridized carbons (Fsp3) is 0.500. The minimum absolute atomic E-state index is 0.264. The maximum atomic E-state index is 11.0. The van der Waals surface area contributed by atoms with Crippen LogP contribution in [0, 0.1) is 0 Å². The first kappa shape index (κ1) is 9.73. The van der Waals surface area contributed by atoms with E-state index >= 15 is 0 Å². The number of hydrogen-bond acceptors (Lipinski definition) is 4. The van der Waals surface area contributed by atoms with Crippen molar-refractivity contribution in [1.82, 2.24) is 15.5 Å². The predicted molar refractivity (Wildman–Crippen MR) is 46.9 cm³/mol. The Balaban J connectivity index is 2.30. The predicted octanol–water partition coefficient (Wildman–Crippen LogP) is 0.0608. The minimum Gasteiger partial charge on any atom is -0.468 e. The van der Waals surface area contributed by atoms with Crippen molar-refractivity contribution in [1.29, 1.82) is 0 Å². The minimum atomic E-state index is -0.298. The number of rotatable bonds is 4. The normalized spacial score (nSPS) is 12.5. The number of aromatic amines is 1. The Kier molecular flexibility index (Phi) is 3.45. The zero-order chi connectivity index (χ0) is 9.68. The van der Waals surface area contributed by atoms with Gasteiger partial charge in [0.2, 0.25) is 0 Å². The van der Waals surface area contributed by atoms with E-state index in [9.17, 15) is 4.79 Å². The molecule has 0 aliphatic carbocycles. The Morgan fingerprint density at radius 3 is 3.15 bits per heavy atom. The highest BCUT2D eigenvalue weighted by Gasteiger charge is 2.11. The van der Waals surface area contributed by atoms with Gasteiger partial charge in [0.05, 0.1) is 7.11 Å². The molecule has 0 radical (unpaired) electrons. The Morgan fingerprint density at radius 2 is 2.62 bits per heavy atom. The van der Waals surface area contributed by atoms with E-state index in [0.717, 1.165) is 5.69 Å². The van der Waals surface area contributed by atoms with Gasteiger partial charge in [0.15, 0.2) is 0 Å². The van der Waals surface area contributed by atoms with Crippen molar-refractivity contribution in [2.24, 2.45) is 0 Å². The molecule has 0 fully saturated rings. The van der Waals surface area contributed by atoms with Crippen LogP contribution < -0.4 is 5.32 Å². The van der Waals surface area contributed by atoms with E-state index in [2.05, 4.69) is 20.3 Å². The smallest absolute Gasteiger partial charge is 0.322 e. The Bertz CT molecular complexity index is 258. The lowest BCUT2D eigenvalue weighted by molar-refractivity contribution is -0.142. The number of nitrogens with zero attached hydrogens (tertiary/aromatic N) is 1. The van der Waals surface area contributed by atoms with Crippen molar-refractivity contribution in [2.75, 3.05) is 7.11 Å². The van der Waals surface area contributed by atoms with Crippen molar-refractivity contribution in [3.05, 3.63) is 18.0 Å². The third-order valence-corrected chi connectivity index (χ3v) is 1.71. The summed E-state index contributed by atoms with van der Waals surface area (Å²) in [6.45, 7) is 2.33. The summed E-state index contributed by atoms with van der Waals surface area (Å²) in [6.07, 6.45) is 1.67. The maximum Gasteiger partial charge on any atom is 0.322 e. The number of carbonyl (C=O) groups excluding carboxylic acids is 1. The Morgan fingerprint density at radius 1 is 1.85 bits per heavy atom. The highest BCUT2D eigenvalue weighted by Crippen LogP contribution is 1.92. The van der Waals surface area contributed by atoms with Gasteiger partial charge < -0.3 is 4.74 Å². The average molecular weight is 183 g/mol. The van der Waals surface area contributed by atoms with E-state index in [-0.39, 0.29) is 12.0 Å². The van der Waals surface area contributed by atoms with Gasteiger partial charge in [-0.3, -0.25) is 15.2 Å². The molecule has 5 heteroatoms. The summed E-state index contributed by atoms with van der Waals surface area (Å²) >= 11 is 0. The molecule has 0 amide bonds. The van der Waals surface area contributed by atoms with Crippen LogP contribution in [0.2, 0.25) is 0 Å². The highest BCUT2D eigenvalue weighted by molar-refractivity contribution is 5.74. The summed E-state index contributed by atoms with van der Waals surface area (Å²) < 4.78 is 4.55. The lowest BCUT2D eigenvalue weighted by atomic mass is 10.3. The van der Waals surface area contributed by atoms with Crippen LogP contribution in [0.25, 0.3) is 0 Å². The molecular weight excluding hydrogens is 170 g/mol. The van der Waals surface area contributed by atoms with Gasteiger partial charge in [-0.25, -0.2) is 0 Å². The molecule has 1 aromatic heterocycles. The molecule has 0 bridgehead atoms. The fourth-order valence-corrected chi connectivity index (χ4v) is 0.906.